The molecule has 0 aliphatic heterocycles. The zero-order chi connectivity index (χ0) is 16.4. The Morgan fingerprint density at radius 1 is 1.22 bits per heavy atom. The Hall–Kier alpha value is -2.40. The highest BCUT2D eigenvalue weighted by atomic mass is 32.1. The fraction of sp³-hybridized carbons (Fsp3) is 0.222. The van der Waals surface area contributed by atoms with Gasteiger partial charge in [-0.05, 0) is 47.5 Å². The zero-order valence-corrected chi connectivity index (χ0v) is 14.2. The number of anilines is 1. The summed E-state index contributed by atoms with van der Waals surface area (Å²) in [6.07, 6.45) is 1.85. The van der Waals surface area contributed by atoms with Crippen LogP contribution in [0.2, 0.25) is 0 Å². The first-order chi connectivity index (χ1) is 11.0. The van der Waals surface area contributed by atoms with Crippen LogP contribution in [0.15, 0.2) is 48.0 Å². The van der Waals surface area contributed by atoms with E-state index in [4.69, 9.17) is 0 Å². The number of aryl methyl sites for hydroxylation is 1. The van der Waals surface area contributed by atoms with E-state index in [0.29, 0.717) is 16.6 Å². The Morgan fingerprint density at radius 3 is 2.57 bits per heavy atom. The molecule has 0 spiro atoms. The van der Waals surface area contributed by atoms with Crippen molar-refractivity contribution in [2.45, 2.75) is 26.7 Å². The van der Waals surface area contributed by atoms with Crippen LogP contribution >= 0.6 is 11.3 Å². The van der Waals surface area contributed by atoms with Crippen LogP contribution < -0.4 is 5.32 Å². The highest BCUT2D eigenvalue weighted by Gasteiger charge is 2.10. The molecule has 0 unspecified atom stereocenters. The molecule has 23 heavy (non-hydrogen) atoms. The number of carbonyl (C=O) groups excluding carboxylic acids is 1. The second kappa shape index (κ2) is 6.38. The van der Waals surface area contributed by atoms with Crippen molar-refractivity contribution in [3.63, 3.8) is 0 Å². The summed E-state index contributed by atoms with van der Waals surface area (Å²) >= 11 is 1.44. The molecule has 0 saturated carbocycles. The average Bonchev–Trinajstić information content (AvgIpc) is 3.16. The van der Waals surface area contributed by atoms with Gasteiger partial charge in [0.05, 0.1) is 10.6 Å². The molecule has 0 aliphatic rings. The molecular weight excluding hydrogens is 306 g/mol. The van der Waals surface area contributed by atoms with E-state index in [1.54, 1.807) is 10.7 Å². The normalized spacial score (nSPS) is 11.0. The average molecular weight is 325 g/mol. The van der Waals surface area contributed by atoms with Crippen LogP contribution in [0, 0.1) is 6.92 Å². The van der Waals surface area contributed by atoms with E-state index in [9.17, 15) is 4.79 Å². The van der Waals surface area contributed by atoms with Gasteiger partial charge in [0.15, 0.2) is 5.82 Å². The van der Waals surface area contributed by atoms with E-state index in [-0.39, 0.29) is 5.91 Å². The summed E-state index contributed by atoms with van der Waals surface area (Å²) in [5.74, 6) is 0.934. The lowest BCUT2D eigenvalue weighted by Crippen LogP contribution is -2.11. The number of hydrogen-bond donors (Lipinski definition) is 1. The predicted molar refractivity (Wildman–Crippen MR) is 94.7 cm³/mol. The molecule has 0 radical (unpaired) electrons. The van der Waals surface area contributed by atoms with Crippen molar-refractivity contribution in [3.8, 4) is 5.69 Å². The van der Waals surface area contributed by atoms with E-state index in [1.165, 1.54) is 16.9 Å². The van der Waals surface area contributed by atoms with Gasteiger partial charge in [0.2, 0.25) is 0 Å². The highest BCUT2D eigenvalue weighted by Crippen LogP contribution is 2.18. The van der Waals surface area contributed by atoms with Gasteiger partial charge >= 0.3 is 0 Å². The van der Waals surface area contributed by atoms with E-state index < -0.39 is 0 Å². The largest absolute Gasteiger partial charge is 0.304 e. The molecule has 1 N–H and O–H groups in total. The van der Waals surface area contributed by atoms with Crippen molar-refractivity contribution in [2.75, 3.05) is 5.32 Å². The van der Waals surface area contributed by atoms with E-state index in [2.05, 4.69) is 36.4 Å². The van der Waals surface area contributed by atoms with Gasteiger partial charge in [-0.25, -0.2) is 4.68 Å². The summed E-state index contributed by atoms with van der Waals surface area (Å²) in [5, 5.41) is 9.21. The number of benzene rings is 1. The second-order valence-electron chi connectivity index (χ2n) is 5.83. The minimum atomic E-state index is -0.122. The number of nitrogens with one attached hydrogen (secondary N) is 1. The third-order valence-electron chi connectivity index (χ3n) is 3.61. The monoisotopic (exact) mass is 325 g/mol. The first kappa shape index (κ1) is 15.5. The van der Waals surface area contributed by atoms with Gasteiger partial charge in [-0.1, -0.05) is 26.0 Å². The van der Waals surface area contributed by atoms with Gasteiger partial charge in [0.25, 0.3) is 5.91 Å². The lowest BCUT2D eigenvalue weighted by Gasteiger charge is -2.07. The quantitative estimate of drug-likeness (QED) is 0.761. The van der Waals surface area contributed by atoms with E-state index in [0.717, 1.165) is 11.3 Å². The number of carbonyl (C=O) groups is 1. The highest BCUT2D eigenvalue weighted by molar-refractivity contribution is 7.12. The molecule has 1 amide bonds. The molecule has 0 bridgehead atoms. The Morgan fingerprint density at radius 2 is 1.96 bits per heavy atom. The van der Waals surface area contributed by atoms with Crippen LogP contribution in [0.25, 0.3) is 5.69 Å². The van der Waals surface area contributed by atoms with Crippen LogP contribution in [0.3, 0.4) is 0 Å². The van der Waals surface area contributed by atoms with Gasteiger partial charge < -0.3 is 5.32 Å². The van der Waals surface area contributed by atoms with Crippen molar-refractivity contribution in [3.05, 3.63) is 64.0 Å². The van der Waals surface area contributed by atoms with Crippen molar-refractivity contribution >= 4 is 23.1 Å². The summed E-state index contributed by atoms with van der Waals surface area (Å²) in [6, 6.07) is 12.0. The SMILES string of the molecule is Cc1csc(C(=O)Nc2ccn(-c3ccc(C(C)C)cc3)n2)c1. The summed E-state index contributed by atoms with van der Waals surface area (Å²) in [7, 11) is 0. The lowest BCUT2D eigenvalue weighted by atomic mass is 10.0. The Balaban J connectivity index is 1.74. The first-order valence-corrected chi connectivity index (χ1v) is 8.43. The second-order valence-corrected chi connectivity index (χ2v) is 6.75. The van der Waals surface area contributed by atoms with Gasteiger partial charge in [0, 0.05) is 12.3 Å². The van der Waals surface area contributed by atoms with Gasteiger partial charge in [0.1, 0.15) is 0 Å². The maximum Gasteiger partial charge on any atom is 0.266 e. The topological polar surface area (TPSA) is 46.9 Å². The third kappa shape index (κ3) is 3.51. The maximum absolute atomic E-state index is 12.1. The van der Waals surface area contributed by atoms with Crippen LogP contribution in [-0.4, -0.2) is 15.7 Å². The maximum atomic E-state index is 12.1. The number of amides is 1. The molecule has 0 atom stereocenters. The molecule has 0 fully saturated rings. The van der Waals surface area contributed by atoms with E-state index in [1.807, 2.05) is 36.7 Å². The molecule has 2 aromatic heterocycles. The minimum absolute atomic E-state index is 0.122. The molecular formula is C18H19N3OS. The lowest BCUT2D eigenvalue weighted by molar-refractivity contribution is 0.103. The van der Waals surface area contributed by atoms with Crippen LogP contribution in [0.1, 0.15) is 40.6 Å². The van der Waals surface area contributed by atoms with Gasteiger partial charge in [-0.15, -0.1) is 11.3 Å². The number of hydrogen-bond acceptors (Lipinski definition) is 3. The molecule has 4 nitrogen and oxygen atoms in total. The number of rotatable bonds is 4. The van der Waals surface area contributed by atoms with Gasteiger partial charge in [-0.3, -0.25) is 4.79 Å². The molecule has 2 heterocycles. The number of nitrogens with zero attached hydrogens (tertiary/aromatic N) is 2. The fourth-order valence-electron chi connectivity index (χ4n) is 2.27. The first-order valence-electron chi connectivity index (χ1n) is 7.55. The Bertz CT molecular complexity index is 815. The van der Waals surface area contributed by atoms with Crippen molar-refractivity contribution in [1.82, 2.24) is 9.78 Å². The fourth-order valence-corrected chi connectivity index (χ4v) is 3.07. The van der Waals surface area contributed by atoms with E-state index >= 15 is 0 Å². The minimum Gasteiger partial charge on any atom is -0.304 e. The molecule has 3 rings (SSSR count). The molecule has 3 aromatic rings. The van der Waals surface area contributed by atoms with Crippen LogP contribution in [-0.2, 0) is 0 Å². The third-order valence-corrected chi connectivity index (χ3v) is 4.66. The molecule has 5 heteroatoms. The molecule has 1 aromatic carbocycles. The Labute approximate surface area is 139 Å². The molecule has 0 aliphatic carbocycles. The van der Waals surface area contributed by atoms with Crippen molar-refractivity contribution in [1.29, 1.82) is 0 Å². The van der Waals surface area contributed by atoms with Crippen LogP contribution in [0.4, 0.5) is 5.82 Å². The Kier molecular flexibility index (Phi) is 4.30. The van der Waals surface area contributed by atoms with Crippen LogP contribution in [0.5, 0.6) is 0 Å². The standard InChI is InChI=1S/C18H19N3OS/c1-12(2)14-4-6-15(7-5-14)21-9-8-17(20-21)19-18(22)16-10-13(3)11-23-16/h4-12H,1-3H3,(H,19,20,22). The predicted octanol–water partition coefficient (Wildman–Crippen LogP) is 4.62. The number of aromatic nitrogens is 2. The van der Waals surface area contributed by atoms with Gasteiger partial charge in [-0.2, -0.15) is 5.10 Å². The summed E-state index contributed by atoms with van der Waals surface area (Å²) in [6.45, 7) is 6.31. The summed E-state index contributed by atoms with van der Waals surface area (Å²) in [4.78, 5) is 12.8. The summed E-state index contributed by atoms with van der Waals surface area (Å²) < 4.78 is 1.76. The smallest absolute Gasteiger partial charge is 0.266 e. The molecule has 118 valence electrons. The van der Waals surface area contributed by atoms with Crippen molar-refractivity contribution < 1.29 is 4.79 Å². The van der Waals surface area contributed by atoms with Crippen molar-refractivity contribution in [2.24, 2.45) is 0 Å². The molecule has 0 saturated heterocycles. The summed E-state index contributed by atoms with van der Waals surface area (Å²) in [5.41, 5.74) is 3.36. The zero-order valence-electron chi connectivity index (χ0n) is 13.4. The number of thiophene rings is 1.